The molecular weight excluding hydrogens is 290 g/mol. The van der Waals surface area contributed by atoms with Gasteiger partial charge in [0.05, 0.1) is 0 Å². The molecule has 0 aliphatic carbocycles. The van der Waals surface area contributed by atoms with Crippen LogP contribution in [-0.2, 0) is 16.0 Å². The van der Waals surface area contributed by atoms with Crippen molar-refractivity contribution in [1.82, 2.24) is 10.6 Å². The summed E-state index contributed by atoms with van der Waals surface area (Å²) in [5.41, 5.74) is 2.54. The molecule has 1 amide bonds. The summed E-state index contributed by atoms with van der Waals surface area (Å²) >= 11 is 0. The quantitative estimate of drug-likeness (QED) is 0.394. The number of carbonyl (C=O) groups is 1. The molecule has 23 heavy (non-hydrogen) atoms. The van der Waals surface area contributed by atoms with Crippen LogP contribution in [0.4, 0.5) is 0 Å². The molecule has 5 heteroatoms. The Labute approximate surface area is 138 Å². The third kappa shape index (κ3) is 8.03. The fourth-order valence-electron chi connectivity index (χ4n) is 2.02. The molecule has 124 valence electrons. The van der Waals surface area contributed by atoms with E-state index in [9.17, 15) is 4.79 Å². The SMILES string of the molecule is CCOCCCNC(=O)/C(C#N)=C\NCCc1cccc(C)c1. The number of nitriles is 1. The number of hydrogen-bond acceptors (Lipinski definition) is 4. The first kappa shape index (κ1) is 18.7. The van der Waals surface area contributed by atoms with E-state index in [1.165, 1.54) is 17.3 Å². The Kier molecular flexibility index (Phi) is 9.18. The number of hydrogen-bond donors (Lipinski definition) is 2. The van der Waals surface area contributed by atoms with Crippen LogP contribution in [0.15, 0.2) is 36.0 Å². The van der Waals surface area contributed by atoms with Crippen LogP contribution in [0.5, 0.6) is 0 Å². The molecule has 0 saturated heterocycles. The number of benzene rings is 1. The molecule has 0 spiro atoms. The fourth-order valence-corrected chi connectivity index (χ4v) is 2.02. The lowest BCUT2D eigenvalue weighted by atomic mass is 10.1. The van der Waals surface area contributed by atoms with Crippen LogP contribution in [0.25, 0.3) is 0 Å². The largest absolute Gasteiger partial charge is 0.389 e. The molecule has 1 rings (SSSR count). The number of carbonyl (C=O) groups excluding carboxylic acids is 1. The van der Waals surface area contributed by atoms with Crippen LogP contribution in [0, 0.1) is 18.3 Å². The minimum Gasteiger partial charge on any atom is -0.389 e. The number of nitrogens with zero attached hydrogens (tertiary/aromatic N) is 1. The van der Waals surface area contributed by atoms with Gasteiger partial charge < -0.3 is 15.4 Å². The van der Waals surface area contributed by atoms with Crippen LogP contribution in [0.1, 0.15) is 24.5 Å². The van der Waals surface area contributed by atoms with Gasteiger partial charge in [0.1, 0.15) is 11.6 Å². The van der Waals surface area contributed by atoms with Crippen LogP contribution < -0.4 is 10.6 Å². The maximum absolute atomic E-state index is 11.8. The number of ether oxygens (including phenoxy) is 1. The molecule has 0 aromatic heterocycles. The fraction of sp³-hybridized carbons (Fsp3) is 0.444. The molecule has 0 aliphatic rings. The van der Waals surface area contributed by atoms with Crippen molar-refractivity contribution in [3.05, 3.63) is 47.2 Å². The predicted octanol–water partition coefficient (Wildman–Crippen LogP) is 2.08. The lowest BCUT2D eigenvalue weighted by molar-refractivity contribution is -0.117. The second kappa shape index (κ2) is 11.3. The van der Waals surface area contributed by atoms with Crippen molar-refractivity contribution in [1.29, 1.82) is 5.26 Å². The molecular formula is C18H25N3O2. The Balaban J connectivity index is 2.31. The average Bonchev–Trinajstić information content (AvgIpc) is 2.54. The Morgan fingerprint density at radius 2 is 2.22 bits per heavy atom. The van der Waals surface area contributed by atoms with Crippen molar-refractivity contribution in [2.75, 3.05) is 26.3 Å². The van der Waals surface area contributed by atoms with Crippen molar-refractivity contribution < 1.29 is 9.53 Å². The topological polar surface area (TPSA) is 74.1 Å². The summed E-state index contributed by atoms with van der Waals surface area (Å²) in [6.07, 6.45) is 3.06. The van der Waals surface area contributed by atoms with Gasteiger partial charge in [-0.05, 0) is 32.3 Å². The van der Waals surface area contributed by atoms with E-state index >= 15 is 0 Å². The van der Waals surface area contributed by atoms with Gasteiger partial charge in [-0.3, -0.25) is 4.79 Å². The molecule has 1 aromatic carbocycles. The number of amides is 1. The van der Waals surface area contributed by atoms with Crippen molar-refractivity contribution in [3.8, 4) is 6.07 Å². The van der Waals surface area contributed by atoms with Crippen molar-refractivity contribution in [2.24, 2.45) is 0 Å². The maximum atomic E-state index is 11.8. The number of nitrogens with one attached hydrogen (secondary N) is 2. The monoisotopic (exact) mass is 315 g/mol. The van der Waals surface area contributed by atoms with Gasteiger partial charge >= 0.3 is 0 Å². The Bertz CT molecular complexity index is 562. The molecule has 2 N–H and O–H groups in total. The maximum Gasteiger partial charge on any atom is 0.263 e. The second-order valence-electron chi connectivity index (χ2n) is 5.17. The molecule has 0 radical (unpaired) electrons. The van der Waals surface area contributed by atoms with E-state index in [4.69, 9.17) is 10.00 Å². The third-order valence-corrected chi connectivity index (χ3v) is 3.21. The van der Waals surface area contributed by atoms with E-state index < -0.39 is 0 Å². The summed E-state index contributed by atoms with van der Waals surface area (Å²) in [4.78, 5) is 11.8. The van der Waals surface area contributed by atoms with Gasteiger partial charge in [-0.15, -0.1) is 0 Å². The lowest BCUT2D eigenvalue weighted by Crippen LogP contribution is -2.27. The Morgan fingerprint density at radius 1 is 1.39 bits per heavy atom. The minimum absolute atomic E-state index is 0.0886. The first-order chi connectivity index (χ1) is 11.2. The molecule has 0 atom stereocenters. The zero-order valence-corrected chi connectivity index (χ0v) is 13.9. The van der Waals surface area contributed by atoms with Gasteiger partial charge in [-0.2, -0.15) is 5.26 Å². The molecule has 0 fully saturated rings. The number of rotatable bonds is 10. The molecule has 0 bridgehead atoms. The molecule has 0 heterocycles. The summed E-state index contributed by atoms with van der Waals surface area (Å²) in [5, 5.41) is 14.8. The highest BCUT2D eigenvalue weighted by atomic mass is 16.5. The minimum atomic E-state index is -0.355. The Hall–Kier alpha value is -2.32. The van der Waals surface area contributed by atoms with E-state index in [1.807, 2.05) is 19.1 Å². The van der Waals surface area contributed by atoms with E-state index in [0.29, 0.717) is 26.3 Å². The smallest absolute Gasteiger partial charge is 0.263 e. The highest BCUT2D eigenvalue weighted by Crippen LogP contribution is 2.04. The summed E-state index contributed by atoms with van der Waals surface area (Å²) in [5.74, 6) is -0.355. The highest BCUT2D eigenvalue weighted by molar-refractivity contribution is 5.97. The standard InChI is InChI=1S/C18H25N3O2/c1-3-23-11-5-9-21-18(22)17(13-19)14-20-10-8-16-7-4-6-15(2)12-16/h4,6-7,12,14,20H,3,5,8-11H2,1-2H3,(H,21,22)/b17-14-. The first-order valence-corrected chi connectivity index (χ1v) is 7.92. The second-order valence-corrected chi connectivity index (χ2v) is 5.17. The van der Waals surface area contributed by atoms with Crippen LogP contribution in [-0.4, -0.2) is 32.2 Å². The predicted molar refractivity (Wildman–Crippen MR) is 90.7 cm³/mol. The van der Waals surface area contributed by atoms with Gasteiger partial charge in [-0.1, -0.05) is 29.8 Å². The van der Waals surface area contributed by atoms with Crippen LogP contribution in [0.3, 0.4) is 0 Å². The third-order valence-electron chi connectivity index (χ3n) is 3.21. The van der Waals surface area contributed by atoms with Gasteiger partial charge in [0.15, 0.2) is 0 Å². The zero-order valence-electron chi connectivity index (χ0n) is 13.9. The van der Waals surface area contributed by atoms with E-state index in [0.717, 1.165) is 12.8 Å². The van der Waals surface area contributed by atoms with Gasteiger partial charge in [0.25, 0.3) is 5.91 Å². The molecule has 0 aliphatic heterocycles. The van der Waals surface area contributed by atoms with E-state index in [1.54, 1.807) is 0 Å². The van der Waals surface area contributed by atoms with Gasteiger partial charge in [0.2, 0.25) is 0 Å². The zero-order chi connectivity index (χ0) is 16.9. The lowest BCUT2D eigenvalue weighted by Gasteiger charge is -2.06. The molecule has 5 nitrogen and oxygen atoms in total. The summed E-state index contributed by atoms with van der Waals surface area (Å²) in [7, 11) is 0. The Morgan fingerprint density at radius 3 is 2.91 bits per heavy atom. The van der Waals surface area contributed by atoms with Gasteiger partial charge in [-0.25, -0.2) is 0 Å². The van der Waals surface area contributed by atoms with Crippen LogP contribution in [0.2, 0.25) is 0 Å². The average molecular weight is 315 g/mol. The summed E-state index contributed by atoms with van der Waals surface area (Å²) in [6, 6.07) is 10.2. The molecule has 1 aromatic rings. The van der Waals surface area contributed by atoms with E-state index in [-0.39, 0.29) is 11.5 Å². The van der Waals surface area contributed by atoms with Crippen molar-refractivity contribution in [2.45, 2.75) is 26.7 Å². The van der Waals surface area contributed by atoms with Crippen molar-refractivity contribution >= 4 is 5.91 Å². The van der Waals surface area contributed by atoms with Gasteiger partial charge in [0, 0.05) is 32.5 Å². The normalized spacial score (nSPS) is 10.9. The van der Waals surface area contributed by atoms with Crippen molar-refractivity contribution in [3.63, 3.8) is 0 Å². The highest BCUT2D eigenvalue weighted by Gasteiger charge is 2.07. The summed E-state index contributed by atoms with van der Waals surface area (Å²) < 4.78 is 5.19. The summed E-state index contributed by atoms with van der Waals surface area (Å²) in [6.45, 7) is 6.44. The molecule has 0 saturated carbocycles. The molecule has 0 unspecified atom stereocenters. The first-order valence-electron chi connectivity index (χ1n) is 7.92. The van der Waals surface area contributed by atoms with E-state index in [2.05, 4.69) is 35.8 Å². The number of aryl methyl sites for hydroxylation is 1. The van der Waals surface area contributed by atoms with Crippen LogP contribution >= 0.6 is 0 Å².